The molecule has 3 rings (SSSR count). The van der Waals surface area contributed by atoms with Crippen LogP contribution in [0.1, 0.15) is 55.6 Å². The molecule has 1 heterocycles. The predicted molar refractivity (Wildman–Crippen MR) is 119 cm³/mol. The number of nitrogens with one attached hydrogen (secondary N) is 1. The molecule has 0 aliphatic heterocycles. The highest BCUT2D eigenvalue weighted by Gasteiger charge is 2.27. The summed E-state index contributed by atoms with van der Waals surface area (Å²) >= 11 is 0. The monoisotopic (exact) mass is 425 g/mol. The molecule has 31 heavy (non-hydrogen) atoms. The van der Waals surface area contributed by atoms with E-state index < -0.39 is 12.6 Å². The first-order chi connectivity index (χ1) is 14.6. The van der Waals surface area contributed by atoms with Gasteiger partial charge >= 0.3 is 5.97 Å². The molecular formula is C24H31N3O4. The molecule has 2 N–H and O–H groups in total. The van der Waals surface area contributed by atoms with E-state index >= 15 is 0 Å². The number of allylic oxidation sites excluding steroid dienone is 1. The van der Waals surface area contributed by atoms with Crippen LogP contribution in [0.15, 0.2) is 36.4 Å². The van der Waals surface area contributed by atoms with E-state index in [9.17, 15) is 9.59 Å². The van der Waals surface area contributed by atoms with Gasteiger partial charge in [-0.1, -0.05) is 45.1 Å². The number of carbonyl (C=O) groups is 2. The lowest BCUT2D eigenvalue weighted by atomic mass is 9.87. The fourth-order valence-corrected chi connectivity index (χ4v) is 4.04. The topological polar surface area (TPSA) is 93.5 Å². The Hall–Kier alpha value is -2.93. The Morgan fingerprint density at radius 3 is 2.45 bits per heavy atom. The Labute approximate surface area is 183 Å². The molecule has 0 bridgehead atoms. The van der Waals surface area contributed by atoms with Crippen LogP contribution in [0.25, 0.3) is 5.69 Å². The van der Waals surface area contributed by atoms with Crippen molar-refractivity contribution in [3.63, 3.8) is 0 Å². The Morgan fingerprint density at radius 2 is 1.84 bits per heavy atom. The lowest BCUT2D eigenvalue weighted by Gasteiger charge is -2.19. The fourth-order valence-electron chi connectivity index (χ4n) is 4.04. The van der Waals surface area contributed by atoms with Crippen LogP contribution in [0.3, 0.4) is 0 Å². The van der Waals surface area contributed by atoms with Crippen LogP contribution >= 0.6 is 0 Å². The van der Waals surface area contributed by atoms with E-state index in [-0.39, 0.29) is 29.9 Å². The van der Waals surface area contributed by atoms with Crippen molar-refractivity contribution in [1.82, 2.24) is 15.1 Å². The molecular weight excluding hydrogens is 394 g/mol. The Balaban J connectivity index is 1.68. The summed E-state index contributed by atoms with van der Waals surface area (Å²) in [6.07, 6.45) is 4.82. The number of hydrogen-bond donors (Lipinski definition) is 2. The van der Waals surface area contributed by atoms with Gasteiger partial charge in [-0.3, -0.25) is 4.79 Å². The van der Waals surface area contributed by atoms with Crippen molar-refractivity contribution in [2.75, 3.05) is 13.2 Å². The number of carboxylic acids is 1. The second-order valence-corrected chi connectivity index (χ2v) is 9.08. The molecule has 1 aromatic heterocycles. The minimum Gasteiger partial charge on any atom is -0.480 e. The third-order valence-electron chi connectivity index (χ3n) is 5.58. The first-order valence-corrected chi connectivity index (χ1v) is 10.5. The maximum atomic E-state index is 12.0. The Kier molecular flexibility index (Phi) is 6.65. The van der Waals surface area contributed by atoms with Crippen molar-refractivity contribution >= 4 is 11.9 Å². The number of ether oxygens (including phenoxy) is 1. The lowest BCUT2D eigenvalue weighted by Crippen LogP contribution is -2.35. The van der Waals surface area contributed by atoms with Crippen LogP contribution in [0.4, 0.5) is 0 Å². The summed E-state index contributed by atoms with van der Waals surface area (Å²) in [5.74, 6) is -1.25. The number of hydrogen-bond acceptors (Lipinski definition) is 4. The molecule has 2 atom stereocenters. The fraction of sp³-hybridized carbons (Fsp3) is 0.458. The molecule has 2 aromatic rings. The minimum absolute atomic E-state index is 0.103. The van der Waals surface area contributed by atoms with Gasteiger partial charge < -0.3 is 15.2 Å². The molecule has 1 aromatic carbocycles. The van der Waals surface area contributed by atoms with Gasteiger partial charge in [0.2, 0.25) is 5.91 Å². The second-order valence-electron chi connectivity index (χ2n) is 9.08. The Morgan fingerprint density at radius 1 is 1.16 bits per heavy atom. The number of aryl methyl sites for hydroxylation is 1. The van der Waals surface area contributed by atoms with Crippen LogP contribution < -0.4 is 5.32 Å². The predicted octanol–water partition coefficient (Wildman–Crippen LogP) is 3.42. The van der Waals surface area contributed by atoms with Gasteiger partial charge in [0, 0.05) is 23.2 Å². The van der Waals surface area contributed by atoms with Gasteiger partial charge in [-0.15, -0.1) is 0 Å². The minimum atomic E-state index is -1.09. The molecule has 7 heteroatoms. The quantitative estimate of drug-likeness (QED) is 0.663. The third-order valence-corrected chi connectivity index (χ3v) is 5.58. The molecule has 0 spiro atoms. The summed E-state index contributed by atoms with van der Waals surface area (Å²) in [7, 11) is 0. The van der Waals surface area contributed by atoms with Crippen LogP contribution in [0, 0.1) is 13.8 Å². The van der Waals surface area contributed by atoms with Crippen LogP contribution in [-0.2, 0) is 19.7 Å². The number of benzene rings is 1. The van der Waals surface area contributed by atoms with Crippen LogP contribution in [0.2, 0.25) is 0 Å². The summed E-state index contributed by atoms with van der Waals surface area (Å²) in [6.45, 7) is 9.94. The zero-order valence-corrected chi connectivity index (χ0v) is 18.8. The van der Waals surface area contributed by atoms with Crippen molar-refractivity contribution in [3.05, 3.63) is 58.9 Å². The van der Waals surface area contributed by atoms with Crippen molar-refractivity contribution in [2.24, 2.45) is 0 Å². The number of aromatic nitrogens is 2. The van der Waals surface area contributed by atoms with Crippen molar-refractivity contribution in [1.29, 1.82) is 0 Å². The SMILES string of the molecule is Cc1nn(-c2ccc(C(C)(C)C)cc2)c(C)c1[C@@H]1C=C[C@@H](NC(=O)COCC(=O)O)C1. The highest BCUT2D eigenvalue weighted by Crippen LogP contribution is 2.34. The second kappa shape index (κ2) is 9.06. The molecule has 1 amide bonds. The molecule has 0 saturated heterocycles. The zero-order valence-electron chi connectivity index (χ0n) is 18.8. The van der Waals surface area contributed by atoms with Gasteiger partial charge in [0.05, 0.1) is 11.4 Å². The molecule has 1 aliphatic carbocycles. The van der Waals surface area contributed by atoms with Crippen molar-refractivity contribution in [3.8, 4) is 5.69 Å². The molecule has 0 unspecified atom stereocenters. The zero-order chi connectivity index (χ0) is 22.8. The molecule has 0 radical (unpaired) electrons. The molecule has 0 fully saturated rings. The van der Waals surface area contributed by atoms with Crippen LogP contribution in [-0.4, -0.2) is 46.0 Å². The van der Waals surface area contributed by atoms with E-state index in [1.165, 1.54) is 11.1 Å². The number of amides is 1. The number of rotatable bonds is 7. The standard InChI is InChI=1S/C24H31N3O4/c1-15-23(17-6-9-19(12-17)25-21(28)13-31-14-22(29)30)16(2)27(26-15)20-10-7-18(8-11-20)24(3,4)5/h6-11,17,19H,12-14H2,1-5H3,(H,25,28)(H,29,30)/t17-,19-/m1/s1. The normalized spacial score (nSPS) is 18.4. The van der Waals surface area contributed by atoms with E-state index in [2.05, 4.69) is 63.4 Å². The first kappa shape index (κ1) is 22.7. The van der Waals surface area contributed by atoms with E-state index in [1.807, 2.05) is 17.7 Å². The van der Waals surface area contributed by atoms with Crippen molar-refractivity contribution in [2.45, 2.75) is 58.4 Å². The summed E-state index contributed by atoms with van der Waals surface area (Å²) in [4.78, 5) is 22.4. The average Bonchev–Trinajstić information content (AvgIpc) is 3.24. The number of carbonyl (C=O) groups excluding carboxylic acids is 1. The van der Waals surface area contributed by atoms with Gasteiger partial charge in [-0.05, 0) is 43.4 Å². The molecule has 0 saturated carbocycles. The number of carboxylic acid groups (broad SMARTS) is 1. The average molecular weight is 426 g/mol. The van der Waals surface area contributed by atoms with Gasteiger partial charge in [-0.25, -0.2) is 9.48 Å². The number of aliphatic carboxylic acids is 1. The van der Waals surface area contributed by atoms with E-state index in [0.717, 1.165) is 23.5 Å². The van der Waals surface area contributed by atoms with Crippen molar-refractivity contribution < 1.29 is 19.4 Å². The van der Waals surface area contributed by atoms with E-state index in [1.54, 1.807) is 0 Å². The molecule has 166 valence electrons. The summed E-state index contributed by atoms with van der Waals surface area (Å²) in [5, 5.41) is 16.2. The van der Waals surface area contributed by atoms with Crippen LogP contribution in [0.5, 0.6) is 0 Å². The maximum absolute atomic E-state index is 12.0. The smallest absolute Gasteiger partial charge is 0.329 e. The van der Waals surface area contributed by atoms with Gasteiger partial charge in [0.25, 0.3) is 0 Å². The van der Waals surface area contributed by atoms with Gasteiger partial charge in [0.1, 0.15) is 13.2 Å². The largest absolute Gasteiger partial charge is 0.480 e. The summed E-state index contributed by atoms with van der Waals surface area (Å²) in [6, 6.07) is 8.40. The third kappa shape index (κ3) is 5.41. The molecule has 7 nitrogen and oxygen atoms in total. The van der Waals surface area contributed by atoms with E-state index in [4.69, 9.17) is 14.9 Å². The number of nitrogens with zero attached hydrogens (tertiary/aromatic N) is 2. The lowest BCUT2D eigenvalue weighted by molar-refractivity contribution is -0.143. The first-order valence-electron chi connectivity index (χ1n) is 10.5. The summed E-state index contributed by atoms with van der Waals surface area (Å²) in [5.41, 5.74) is 5.65. The van der Waals surface area contributed by atoms with Gasteiger partial charge in [-0.2, -0.15) is 5.10 Å². The summed E-state index contributed by atoms with van der Waals surface area (Å²) < 4.78 is 6.83. The highest BCUT2D eigenvalue weighted by molar-refractivity contribution is 5.78. The van der Waals surface area contributed by atoms with E-state index in [0.29, 0.717) is 0 Å². The highest BCUT2D eigenvalue weighted by atomic mass is 16.5. The molecule has 1 aliphatic rings. The maximum Gasteiger partial charge on any atom is 0.329 e. The Bertz CT molecular complexity index is 983. The van der Waals surface area contributed by atoms with Gasteiger partial charge in [0.15, 0.2) is 0 Å².